The molecule has 2 aromatic carbocycles. The lowest BCUT2D eigenvalue weighted by atomic mass is 10.1. The van der Waals surface area contributed by atoms with Gasteiger partial charge < -0.3 is 20.1 Å². The number of carbonyl (C=O) groups excluding carboxylic acids is 1. The number of carbonyl (C=O) groups is 1. The van der Waals surface area contributed by atoms with E-state index in [4.69, 9.17) is 9.47 Å². The van der Waals surface area contributed by atoms with Crippen LogP contribution in [-0.2, 0) is 6.18 Å². The zero-order valence-electron chi connectivity index (χ0n) is 23.0. The average Bonchev–Trinajstić information content (AvgIpc) is 3.52. The molecule has 0 aliphatic carbocycles. The molecule has 224 valence electrons. The fraction of sp³-hybridized carbons (Fsp3) is 0.276. The van der Waals surface area contributed by atoms with Gasteiger partial charge in [-0.25, -0.2) is 19.3 Å². The standard InChI is InChI=1S/C29H27F4N7O3/c1-34-28-37-17-36-25(39-28)20-5-4-10-35-27(20)43-24-15-18(6-8-21(24)30)26(41)38-22-16-19(29(31,32)33)7-9-23(22)42-14-13-40-11-2-3-12-40/h4-10,15-17H,2-3,11-14H2,1H3,(H,38,41)(H,34,36,37,39). The Morgan fingerprint density at radius 2 is 1.84 bits per heavy atom. The number of halogens is 4. The molecule has 0 saturated carbocycles. The molecule has 0 bridgehead atoms. The zero-order valence-corrected chi connectivity index (χ0v) is 23.0. The molecule has 1 aliphatic rings. The van der Waals surface area contributed by atoms with Crippen LogP contribution in [0.5, 0.6) is 17.4 Å². The van der Waals surface area contributed by atoms with E-state index in [1.807, 2.05) is 0 Å². The first-order valence-corrected chi connectivity index (χ1v) is 13.4. The van der Waals surface area contributed by atoms with Crippen molar-refractivity contribution in [3.63, 3.8) is 0 Å². The average molecular weight is 598 g/mol. The van der Waals surface area contributed by atoms with Gasteiger partial charge in [0.1, 0.15) is 18.7 Å². The van der Waals surface area contributed by atoms with E-state index >= 15 is 0 Å². The summed E-state index contributed by atoms with van der Waals surface area (Å²) in [6.45, 7) is 2.69. The summed E-state index contributed by atoms with van der Waals surface area (Å²) in [7, 11) is 1.63. The normalized spacial score (nSPS) is 13.5. The highest BCUT2D eigenvalue weighted by molar-refractivity contribution is 6.05. The summed E-state index contributed by atoms with van der Waals surface area (Å²) in [5.41, 5.74) is -0.877. The number of hydrogen-bond donors (Lipinski definition) is 2. The second-order valence-electron chi connectivity index (χ2n) is 9.55. The molecule has 10 nitrogen and oxygen atoms in total. The number of rotatable bonds is 10. The highest BCUT2D eigenvalue weighted by Gasteiger charge is 2.31. The van der Waals surface area contributed by atoms with Gasteiger partial charge in [-0.05, 0) is 74.5 Å². The number of anilines is 2. The van der Waals surface area contributed by atoms with Crippen LogP contribution in [0.3, 0.4) is 0 Å². The van der Waals surface area contributed by atoms with Crippen LogP contribution in [0.15, 0.2) is 61.1 Å². The molecule has 43 heavy (non-hydrogen) atoms. The van der Waals surface area contributed by atoms with Crippen LogP contribution in [0.25, 0.3) is 11.4 Å². The quantitative estimate of drug-likeness (QED) is 0.224. The molecule has 0 atom stereocenters. The molecule has 2 aromatic heterocycles. The van der Waals surface area contributed by atoms with Gasteiger partial charge in [0.05, 0.1) is 16.8 Å². The lowest BCUT2D eigenvalue weighted by Crippen LogP contribution is -2.25. The van der Waals surface area contributed by atoms with Crippen LogP contribution in [0.4, 0.5) is 29.2 Å². The zero-order chi connectivity index (χ0) is 30.4. The van der Waals surface area contributed by atoms with Crippen LogP contribution >= 0.6 is 0 Å². The third kappa shape index (κ3) is 7.33. The van der Waals surface area contributed by atoms with Gasteiger partial charge in [-0.3, -0.25) is 9.69 Å². The Morgan fingerprint density at radius 3 is 2.60 bits per heavy atom. The Morgan fingerprint density at radius 1 is 1.02 bits per heavy atom. The van der Waals surface area contributed by atoms with Gasteiger partial charge in [0, 0.05) is 25.4 Å². The molecule has 1 aliphatic heterocycles. The van der Waals surface area contributed by atoms with Crippen molar-refractivity contribution in [1.82, 2.24) is 24.8 Å². The fourth-order valence-corrected chi connectivity index (χ4v) is 4.43. The summed E-state index contributed by atoms with van der Waals surface area (Å²) < 4.78 is 66.8. The van der Waals surface area contributed by atoms with Crippen LogP contribution in [0.2, 0.25) is 0 Å². The van der Waals surface area contributed by atoms with E-state index in [-0.39, 0.29) is 41.1 Å². The van der Waals surface area contributed by atoms with Gasteiger partial charge in [0.2, 0.25) is 11.8 Å². The highest BCUT2D eigenvalue weighted by Crippen LogP contribution is 2.36. The minimum absolute atomic E-state index is 0.0428. The summed E-state index contributed by atoms with van der Waals surface area (Å²) in [6, 6.07) is 9.41. The molecule has 0 spiro atoms. The first-order chi connectivity index (χ1) is 20.7. The molecule has 3 heterocycles. The molecule has 0 unspecified atom stereocenters. The predicted molar refractivity (Wildman–Crippen MR) is 150 cm³/mol. The van der Waals surface area contributed by atoms with Gasteiger partial charge in [0.15, 0.2) is 17.4 Å². The monoisotopic (exact) mass is 597 g/mol. The molecular formula is C29H27F4N7O3. The summed E-state index contributed by atoms with van der Waals surface area (Å²) >= 11 is 0. The summed E-state index contributed by atoms with van der Waals surface area (Å²) in [4.78, 5) is 31.9. The fourth-order valence-electron chi connectivity index (χ4n) is 4.43. The second kappa shape index (κ2) is 13.0. The van der Waals surface area contributed by atoms with E-state index in [0.717, 1.165) is 50.2 Å². The Bertz CT molecular complexity index is 1600. The molecule has 0 radical (unpaired) electrons. The Labute approximate surface area is 244 Å². The van der Waals surface area contributed by atoms with Gasteiger partial charge in [-0.1, -0.05) is 0 Å². The maximum atomic E-state index is 14.8. The Kier molecular flexibility index (Phi) is 8.95. The summed E-state index contributed by atoms with van der Waals surface area (Å²) in [6.07, 6.45) is 0.237. The lowest BCUT2D eigenvalue weighted by molar-refractivity contribution is -0.137. The number of nitrogens with zero attached hydrogens (tertiary/aromatic N) is 5. The summed E-state index contributed by atoms with van der Waals surface area (Å²) in [5, 5.41) is 5.27. The van der Waals surface area contributed by atoms with E-state index in [1.54, 1.807) is 19.2 Å². The minimum Gasteiger partial charge on any atom is -0.490 e. The van der Waals surface area contributed by atoms with Crippen molar-refractivity contribution in [3.8, 4) is 28.8 Å². The Hall–Kier alpha value is -4.85. The van der Waals surface area contributed by atoms with E-state index in [0.29, 0.717) is 18.1 Å². The van der Waals surface area contributed by atoms with Gasteiger partial charge in [-0.2, -0.15) is 18.2 Å². The maximum Gasteiger partial charge on any atom is 0.416 e. The van der Waals surface area contributed by atoms with E-state index in [2.05, 4.69) is 35.5 Å². The molecule has 14 heteroatoms. The van der Waals surface area contributed by atoms with Crippen molar-refractivity contribution in [2.45, 2.75) is 19.0 Å². The number of pyridine rings is 1. The van der Waals surface area contributed by atoms with E-state index in [1.165, 1.54) is 24.7 Å². The third-order valence-corrected chi connectivity index (χ3v) is 6.63. The number of ether oxygens (including phenoxy) is 2. The lowest BCUT2D eigenvalue weighted by Gasteiger charge is -2.18. The number of amides is 1. The second-order valence-corrected chi connectivity index (χ2v) is 9.55. The smallest absolute Gasteiger partial charge is 0.416 e. The summed E-state index contributed by atoms with van der Waals surface area (Å²) in [5.74, 6) is -1.41. The van der Waals surface area contributed by atoms with Crippen molar-refractivity contribution >= 4 is 17.5 Å². The topological polar surface area (TPSA) is 114 Å². The van der Waals surface area contributed by atoms with Crippen molar-refractivity contribution in [2.24, 2.45) is 0 Å². The molecule has 4 aromatic rings. The Balaban J connectivity index is 1.38. The van der Waals surface area contributed by atoms with Gasteiger partial charge >= 0.3 is 6.18 Å². The minimum atomic E-state index is -4.64. The largest absolute Gasteiger partial charge is 0.490 e. The number of likely N-dealkylation sites (tertiary alicyclic amines) is 1. The van der Waals surface area contributed by atoms with Crippen LogP contribution < -0.4 is 20.1 Å². The predicted octanol–water partition coefficient (Wildman–Crippen LogP) is 5.65. The number of benzene rings is 2. The molecular weight excluding hydrogens is 570 g/mol. The molecule has 5 rings (SSSR count). The molecule has 1 amide bonds. The molecule has 1 saturated heterocycles. The van der Waals surface area contributed by atoms with Crippen molar-refractivity contribution in [2.75, 3.05) is 43.9 Å². The maximum absolute atomic E-state index is 14.8. The molecule has 2 N–H and O–H groups in total. The number of alkyl halides is 3. The highest BCUT2D eigenvalue weighted by atomic mass is 19.4. The van der Waals surface area contributed by atoms with Crippen LogP contribution in [-0.4, -0.2) is 64.0 Å². The van der Waals surface area contributed by atoms with Crippen molar-refractivity contribution < 1.29 is 31.8 Å². The van der Waals surface area contributed by atoms with Crippen LogP contribution in [0.1, 0.15) is 28.8 Å². The SMILES string of the molecule is CNc1ncnc(-c2cccnc2Oc2cc(C(=O)Nc3cc(C(F)(F)F)ccc3OCCN3CCCC3)ccc2F)n1. The van der Waals surface area contributed by atoms with Gasteiger partial charge in [-0.15, -0.1) is 0 Å². The first kappa shape index (κ1) is 29.6. The van der Waals surface area contributed by atoms with Crippen molar-refractivity contribution in [1.29, 1.82) is 0 Å². The molecule has 1 fully saturated rings. The number of aromatic nitrogens is 4. The first-order valence-electron chi connectivity index (χ1n) is 13.4. The van der Waals surface area contributed by atoms with Gasteiger partial charge in [0.25, 0.3) is 5.91 Å². The van der Waals surface area contributed by atoms with E-state index in [9.17, 15) is 22.4 Å². The third-order valence-electron chi connectivity index (χ3n) is 6.63. The van der Waals surface area contributed by atoms with Crippen LogP contribution in [0, 0.1) is 5.82 Å². The van der Waals surface area contributed by atoms with Crippen molar-refractivity contribution in [3.05, 3.63) is 78.0 Å². The number of nitrogens with one attached hydrogen (secondary N) is 2. The van der Waals surface area contributed by atoms with E-state index < -0.39 is 23.5 Å². The number of hydrogen-bond acceptors (Lipinski definition) is 9.